The number of nitrogens with zero attached hydrogens (tertiary/aromatic N) is 2. The van der Waals surface area contributed by atoms with E-state index in [-0.39, 0.29) is 12.4 Å². The predicted octanol–water partition coefficient (Wildman–Crippen LogP) is 1.30. The molecule has 0 aromatic heterocycles. The molecule has 0 aliphatic rings. The first-order chi connectivity index (χ1) is 8.33. The van der Waals surface area contributed by atoms with E-state index in [1.54, 1.807) is 0 Å². The molecule has 4 N–H and O–H groups in total. The number of nitrogens with two attached hydrogens (primary N) is 1. The molecule has 18 heavy (non-hydrogen) atoms. The molecule has 100 valence electrons. The summed E-state index contributed by atoms with van der Waals surface area (Å²) >= 11 is 0. The Balaban J connectivity index is 3.34. The van der Waals surface area contributed by atoms with Gasteiger partial charge >= 0.3 is 0 Å². The van der Waals surface area contributed by atoms with Crippen LogP contribution in [0.2, 0.25) is 0 Å². The van der Waals surface area contributed by atoms with Gasteiger partial charge in [-0.25, -0.2) is 0 Å². The minimum absolute atomic E-state index is 0.00700. The lowest BCUT2D eigenvalue weighted by atomic mass is 10.0. The van der Waals surface area contributed by atoms with Gasteiger partial charge in [0, 0.05) is 18.3 Å². The summed E-state index contributed by atoms with van der Waals surface area (Å²) in [6.45, 7) is 5.82. The van der Waals surface area contributed by atoms with E-state index in [0.717, 1.165) is 11.3 Å². The van der Waals surface area contributed by atoms with Crippen molar-refractivity contribution in [3.8, 4) is 0 Å². The molecule has 0 atom stereocenters. The molecule has 5 nitrogen and oxygen atoms in total. The van der Waals surface area contributed by atoms with Crippen LogP contribution in [-0.2, 0) is 0 Å². The molecule has 0 aliphatic carbocycles. The number of hydrogen-bond acceptors (Lipinski definition) is 4. The number of rotatable bonds is 4. The van der Waals surface area contributed by atoms with Crippen LogP contribution in [-0.4, -0.2) is 35.3 Å². The van der Waals surface area contributed by atoms with Gasteiger partial charge in [0.2, 0.25) is 0 Å². The van der Waals surface area contributed by atoms with Crippen LogP contribution < -0.4 is 10.6 Å². The summed E-state index contributed by atoms with van der Waals surface area (Å²) in [5.41, 5.74) is 7.78. The molecule has 0 aliphatic heterocycles. The molecule has 0 spiro atoms. The SMILES string of the molecule is Cc1ccc(/C(N)=N/O)c(N(C)C(C)(C)CO)c1. The Kier molecular flexibility index (Phi) is 4.19. The van der Waals surface area contributed by atoms with Crippen LogP contribution in [0.25, 0.3) is 0 Å². The Labute approximate surface area is 108 Å². The molecule has 0 unspecified atom stereocenters. The van der Waals surface area contributed by atoms with Crippen molar-refractivity contribution in [2.75, 3.05) is 18.6 Å². The zero-order chi connectivity index (χ0) is 13.9. The molecule has 0 saturated heterocycles. The summed E-state index contributed by atoms with van der Waals surface area (Å²) in [7, 11) is 1.87. The third-order valence-electron chi connectivity index (χ3n) is 3.19. The average molecular weight is 251 g/mol. The highest BCUT2D eigenvalue weighted by Gasteiger charge is 2.25. The number of oxime groups is 1. The number of aliphatic hydroxyl groups excluding tert-OH is 1. The van der Waals surface area contributed by atoms with Gasteiger partial charge in [-0.05, 0) is 38.5 Å². The lowest BCUT2D eigenvalue weighted by Crippen LogP contribution is -2.45. The van der Waals surface area contributed by atoms with Crippen molar-refractivity contribution < 1.29 is 10.3 Å². The van der Waals surface area contributed by atoms with E-state index in [0.29, 0.717) is 5.56 Å². The van der Waals surface area contributed by atoms with Gasteiger partial charge in [0.15, 0.2) is 5.84 Å². The molecular weight excluding hydrogens is 230 g/mol. The zero-order valence-corrected chi connectivity index (χ0v) is 11.3. The molecular formula is C13H21N3O2. The monoisotopic (exact) mass is 251 g/mol. The van der Waals surface area contributed by atoms with E-state index < -0.39 is 5.54 Å². The number of hydrogen-bond donors (Lipinski definition) is 3. The molecule has 1 aromatic carbocycles. The largest absolute Gasteiger partial charge is 0.409 e. The molecule has 5 heteroatoms. The van der Waals surface area contributed by atoms with Crippen molar-refractivity contribution in [3.63, 3.8) is 0 Å². The molecule has 0 amide bonds. The fourth-order valence-electron chi connectivity index (χ4n) is 1.62. The number of aliphatic hydroxyl groups is 1. The van der Waals surface area contributed by atoms with Gasteiger partial charge in [-0.15, -0.1) is 0 Å². The Morgan fingerprint density at radius 2 is 2.06 bits per heavy atom. The van der Waals surface area contributed by atoms with Crippen molar-refractivity contribution in [3.05, 3.63) is 29.3 Å². The van der Waals surface area contributed by atoms with Crippen LogP contribution in [0.5, 0.6) is 0 Å². The fourth-order valence-corrected chi connectivity index (χ4v) is 1.62. The zero-order valence-electron chi connectivity index (χ0n) is 11.3. The Bertz CT molecular complexity index is 456. The van der Waals surface area contributed by atoms with E-state index in [9.17, 15) is 5.11 Å². The molecule has 0 heterocycles. The van der Waals surface area contributed by atoms with E-state index in [1.807, 2.05) is 50.9 Å². The lowest BCUT2D eigenvalue weighted by molar-refractivity contribution is 0.216. The smallest absolute Gasteiger partial charge is 0.172 e. The minimum Gasteiger partial charge on any atom is -0.409 e. The summed E-state index contributed by atoms with van der Waals surface area (Å²) in [5, 5.41) is 21.3. The minimum atomic E-state index is -0.432. The molecule has 1 rings (SSSR count). The predicted molar refractivity (Wildman–Crippen MR) is 73.3 cm³/mol. The second kappa shape index (κ2) is 5.27. The molecule has 0 radical (unpaired) electrons. The number of benzene rings is 1. The van der Waals surface area contributed by atoms with E-state index in [4.69, 9.17) is 10.9 Å². The first-order valence-electron chi connectivity index (χ1n) is 5.76. The summed E-state index contributed by atoms with van der Waals surface area (Å²) < 4.78 is 0. The third-order valence-corrected chi connectivity index (χ3v) is 3.19. The molecule has 0 bridgehead atoms. The highest BCUT2D eigenvalue weighted by atomic mass is 16.4. The van der Waals surface area contributed by atoms with E-state index in [1.165, 1.54) is 0 Å². The number of anilines is 1. The van der Waals surface area contributed by atoms with Gasteiger partial charge in [0.05, 0.1) is 12.1 Å². The van der Waals surface area contributed by atoms with Gasteiger partial charge < -0.3 is 20.9 Å². The Hall–Kier alpha value is -1.75. The van der Waals surface area contributed by atoms with Gasteiger partial charge in [0.1, 0.15) is 0 Å². The van der Waals surface area contributed by atoms with Crippen molar-refractivity contribution in [2.45, 2.75) is 26.3 Å². The van der Waals surface area contributed by atoms with Crippen molar-refractivity contribution >= 4 is 11.5 Å². The first kappa shape index (κ1) is 14.3. The van der Waals surface area contributed by atoms with Crippen LogP contribution in [0.3, 0.4) is 0 Å². The van der Waals surface area contributed by atoms with E-state index in [2.05, 4.69) is 5.16 Å². The second-order valence-electron chi connectivity index (χ2n) is 5.04. The summed E-state index contributed by atoms with van der Waals surface area (Å²) in [6, 6.07) is 5.66. The summed E-state index contributed by atoms with van der Waals surface area (Å²) in [4.78, 5) is 1.92. The van der Waals surface area contributed by atoms with Gasteiger partial charge in [-0.1, -0.05) is 11.2 Å². The third kappa shape index (κ3) is 2.73. The summed E-state index contributed by atoms with van der Waals surface area (Å²) in [5.74, 6) is 0.0607. The first-order valence-corrected chi connectivity index (χ1v) is 5.76. The molecule has 0 saturated carbocycles. The maximum Gasteiger partial charge on any atom is 0.172 e. The van der Waals surface area contributed by atoms with E-state index >= 15 is 0 Å². The normalized spacial score (nSPS) is 12.6. The van der Waals surface area contributed by atoms with Crippen molar-refractivity contribution in [1.82, 2.24) is 0 Å². The highest BCUT2D eigenvalue weighted by molar-refractivity contribution is 6.02. The standard InChI is InChI=1S/C13H21N3O2/c1-9-5-6-10(12(14)15-18)11(7-9)16(4)13(2,3)8-17/h5-7,17-18H,8H2,1-4H3,(H2,14,15). The van der Waals surface area contributed by atoms with Crippen LogP contribution in [0, 0.1) is 6.92 Å². The van der Waals surface area contributed by atoms with Crippen LogP contribution in [0.1, 0.15) is 25.0 Å². The second-order valence-corrected chi connectivity index (χ2v) is 5.04. The number of amidine groups is 1. The Morgan fingerprint density at radius 3 is 2.56 bits per heavy atom. The van der Waals surface area contributed by atoms with Gasteiger partial charge in [-0.2, -0.15) is 0 Å². The topological polar surface area (TPSA) is 82.1 Å². The average Bonchev–Trinajstić information content (AvgIpc) is 2.36. The van der Waals surface area contributed by atoms with Crippen molar-refractivity contribution in [1.29, 1.82) is 0 Å². The van der Waals surface area contributed by atoms with Crippen molar-refractivity contribution in [2.24, 2.45) is 10.9 Å². The summed E-state index contributed by atoms with van der Waals surface area (Å²) in [6.07, 6.45) is 0. The Morgan fingerprint density at radius 1 is 1.44 bits per heavy atom. The van der Waals surface area contributed by atoms with Crippen LogP contribution >= 0.6 is 0 Å². The number of aryl methyl sites for hydroxylation is 1. The maximum atomic E-state index is 9.43. The van der Waals surface area contributed by atoms with Crippen LogP contribution in [0.15, 0.2) is 23.4 Å². The number of likely N-dealkylation sites (N-methyl/N-ethyl adjacent to an activating group) is 1. The quantitative estimate of drug-likeness (QED) is 0.326. The highest BCUT2D eigenvalue weighted by Crippen LogP contribution is 2.27. The molecule has 1 aromatic rings. The fraction of sp³-hybridized carbons (Fsp3) is 0.462. The lowest BCUT2D eigenvalue weighted by Gasteiger charge is -2.37. The maximum absolute atomic E-state index is 9.43. The van der Waals surface area contributed by atoms with Crippen LogP contribution in [0.4, 0.5) is 5.69 Å². The molecule has 0 fully saturated rings. The van der Waals surface area contributed by atoms with Gasteiger partial charge in [0.25, 0.3) is 0 Å². The van der Waals surface area contributed by atoms with Gasteiger partial charge in [-0.3, -0.25) is 0 Å².